The molecule has 0 bridgehead atoms. The maximum atomic E-state index is 12.9. The van der Waals surface area contributed by atoms with Crippen LogP contribution in [0.2, 0.25) is 0 Å². The zero-order chi connectivity index (χ0) is 14.7. The van der Waals surface area contributed by atoms with Gasteiger partial charge in [0, 0.05) is 13.2 Å². The van der Waals surface area contributed by atoms with Crippen LogP contribution in [0.4, 0.5) is 4.39 Å². The van der Waals surface area contributed by atoms with Gasteiger partial charge in [0.25, 0.3) is 5.91 Å². The smallest absolute Gasteiger partial charge is 0.268 e. The second-order valence-corrected chi connectivity index (χ2v) is 4.36. The summed E-state index contributed by atoms with van der Waals surface area (Å²) >= 11 is 0. The highest BCUT2D eigenvalue weighted by molar-refractivity contribution is 5.96. The van der Waals surface area contributed by atoms with E-state index in [2.05, 4.69) is 5.32 Å². The van der Waals surface area contributed by atoms with Crippen LogP contribution in [0.1, 0.15) is 22.1 Å². The molecule has 1 heterocycles. The number of carbonyl (C=O) groups is 2. The first-order valence-electron chi connectivity index (χ1n) is 5.96. The zero-order valence-electron chi connectivity index (χ0n) is 10.8. The van der Waals surface area contributed by atoms with Crippen LogP contribution in [0.25, 0.3) is 0 Å². The molecule has 0 aliphatic carbocycles. The number of hydrogen-bond acceptors (Lipinski definition) is 2. The van der Waals surface area contributed by atoms with Gasteiger partial charge in [-0.15, -0.1) is 0 Å². The van der Waals surface area contributed by atoms with Crippen LogP contribution < -0.4 is 11.1 Å². The number of amides is 2. The van der Waals surface area contributed by atoms with E-state index in [0.29, 0.717) is 11.3 Å². The molecule has 1 aromatic carbocycles. The summed E-state index contributed by atoms with van der Waals surface area (Å²) in [6.07, 6.45) is 1.71. The molecule has 20 heavy (non-hydrogen) atoms. The van der Waals surface area contributed by atoms with E-state index < -0.39 is 23.7 Å². The Morgan fingerprint density at radius 3 is 2.40 bits per heavy atom. The number of halogens is 1. The number of primary amides is 1. The largest absolute Gasteiger partial charge is 0.368 e. The Balaban J connectivity index is 2.22. The molecule has 0 aliphatic heterocycles. The molecule has 5 nitrogen and oxygen atoms in total. The molecule has 0 radical (unpaired) electrons. The third kappa shape index (κ3) is 2.85. The molecule has 1 unspecified atom stereocenters. The average Bonchev–Trinajstić information content (AvgIpc) is 2.83. The summed E-state index contributed by atoms with van der Waals surface area (Å²) in [5, 5.41) is 2.54. The van der Waals surface area contributed by atoms with Crippen LogP contribution >= 0.6 is 0 Å². The van der Waals surface area contributed by atoms with Crippen molar-refractivity contribution in [3.8, 4) is 0 Å². The Bertz CT molecular complexity index is 634. The maximum absolute atomic E-state index is 12.9. The molecule has 0 saturated heterocycles. The first-order chi connectivity index (χ1) is 9.49. The fourth-order valence-corrected chi connectivity index (χ4v) is 1.88. The van der Waals surface area contributed by atoms with Crippen molar-refractivity contribution in [1.29, 1.82) is 0 Å². The molecule has 2 rings (SSSR count). The number of aromatic nitrogens is 1. The number of carbonyl (C=O) groups excluding carboxylic acids is 2. The van der Waals surface area contributed by atoms with Crippen LogP contribution in [0.5, 0.6) is 0 Å². The predicted octanol–water partition coefficient (Wildman–Crippen LogP) is 1.12. The molecule has 6 heteroatoms. The van der Waals surface area contributed by atoms with E-state index in [9.17, 15) is 14.0 Å². The van der Waals surface area contributed by atoms with E-state index >= 15 is 0 Å². The molecule has 2 aromatic rings. The van der Waals surface area contributed by atoms with Crippen LogP contribution in [-0.4, -0.2) is 16.4 Å². The zero-order valence-corrected chi connectivity index (χ0v) is 10.8. The summed E-state index contributed by atoms with van der Waals surface area (Å²) in [5.74, 6) is -1.56. The first-order valence-corrected chi connectivity index (χ1v) is 5.96. The molecule has 0 spiro atoms. The highest BCUT2D eigenvalue weighted by Gasteiger charge is 2.21. The molecule has 0 fully saturated rings. The summed E-state index contributed by atoms with van der Waals surface area (Å²) in [6, 6.07) is 7.58. The van der Waals surface area contributed by atoms with Crippen molar-refractivity contribution in [2.75, 3.05) is 0 Å². The Labute approximate surface area is 115 Å². The molecule has 0 aliphatic rings. The lowest BCUT2D eigenvalue weighted by Crippen LogP contribution is -2.38. The van der Waals surface area contributed by atoms with Gasteiger partial charge in [-0.25, -0.2) is 4.39 Å². The summed E-state index contributed by atoms with van der Waals surface area (Å²) in [6.45, 7) is 0. The lowest BCUT2D eigenvalue weighted by atomic mass is 10.1. The SMILES string of the molecule is Cn1cccc1C(=O)NC(C(N)=O)c1ccc(F)cc1. The van der Waals surface area contributed by atoms with Gasteiger partial charge >= 0.3 is 0 Å². The summed E-state index contributed by atoms with van der Waals surface area (Å²) in [4.78, 5) is 23.5. The minimum absolute atomic E-state index is 0.401. The van der Waals surface area contributed by atoms with Crippen molar-refractivity contribution in [3.05, 3.63) is 59.7 Å². The van der Waals surface area contributed by atoms with Gasteiger partial charge in [-0.1, -0.05) is 12.1 Å². The van der Waals surface area contributed by atoms with Gasteiger partial charge in [0.15, 0.2) is 0 Å². The number of rotatable bonds is 4. The number of hydrogen-bond donors (Lipinski definition) is 2. The standard InChI is InChI=1S/C14H14FN3O2/c1-18-8-2-3-11(18)14(20)17-12(13(16)19)9-4-6-10(15)7-5-9/h2-8,12H,1H3,(H2,16,19)(H,17,20). The Kier molecular flexibility index (Phi) is 3.84. The normalized spacial score (nSPS) is 11.9. The van der Waals surface area contributed by atoms with Gasteiger partial charge in [-0.2, -0.15) is 0 Å². The number of benzene rings is 1. The van der Waals surface area contributed by atoms with E-state index in [-0.39, 0.29) is 0 Å². The van der Waals surface area contributed by atoms with E-state index in [1.807, 2.05) is 0 Å². The monoisotopic (exact) mass is 275 g/mol. The van der Waals surface area contributed by atoms with Crippen LogP contribution in [0.3, 0.4) is 0 Å². The van der Waals surface area contributed by atoms with E-state index in [4.69, 9.17) is 5.73 Å². The second-order valence-electron chi connectivity index (χ2n) is 4.36. The summed E-state index contributed by atoms with van der Waals surface area (Å²) in [7, 11) is 1.71. The third-order valence-electron chi connectivity index (χ3n) is 2.94. The van der Waals surface area contributed by atoms with Crippen molar-refractivity contribution < 1.29 is 14.0 Å². The van der Waals surface area contributed by atoms with Gasteiger partial charge in [0.05, 0.1) is 0 Å². The number of nitrogens with one attached hydrogen (secondary N) is 1. The molecule has 2 amide bonds. The van der Waals surface area contributed by atoms with Crippen LogP contribution in [0.15, 0.2) is 42.6 Å². The minimum atomic E-state index is -1.00. The van der Waals surface area contributed by atoms with Crippen molar-refractivity contribution in [3.63, 3.8) is 0 Å². The van der Waals surface area contributed by atoms with Crippen molar-refractivity contribution in [2.45, 2.75) is 6.04 Å². The fourth-order valence-electron chi connectivity index (χ4n) is 1.88. The molecule has 1 aromatic heterocycles. The molecule has 1 atom stereocenters. The first kappa shape index (κ1) is 13.8. The number of aryl methyl sites for hydroxylation is 1. The predicted molar refractivity (Wildman–Crippen MR) is 71.2 cm³/mol. The maximum Gasteiger partial charge on any atom is 0.268 e. The Hall–Kier alpha value is -2.63. The van der Waals surface area contributed by atoms with Crippen molar-refractivity contribution in [1.82, 2.24) is 9.88 Å². The van der Waals surface area contributed by atoms with E-state index in [1.165, 1.54) is 24.3 Å². The van der Waals surface area contributed by atoms with E-state index in [1.54, 1.807) is 29.9 Å². The Morgan fingerprint density at radius 2 is 1.90 bits per heavy atom. The van der Waals surface area contributed by atoms with E-state index in [0.717, 1.165) is 0 Å². The minimum Gasteiger partial charge on any atom is -0.368 e. The molecule has 104 valence electrons. The van der Waals surface area contributed by atoms with Gasteiger partial charge in [-0.05, 0) is 29.8 Å². The lowest BCUT2D eigenvalue weighted by Gasteiger charge is -2.16. The molecule has 0 saturated carbocycles. The number of nitrogens with zero attached hydrogens (tertiary/aromatic N) is 1. The van der Waals surface area contributed by atoms with Crippen molar-refractivity contribution in [2.24, 2.45) is 12.8 Å². The topological polar surface area (TPSA) is 77.1 Å². The van der Waals surface area contributed by atoms with Crippen LogP contribution in [0, 0.1) is 5.82 Å². The highest BCUT2D eigenvalue weighted by Crippen LogP contribution is 2.14. The lowest BCUT2D eigenvalue weighted by molar-refractivity contribution is -0.120. The van der Waals surface area contributed by atoms with Gasteiger partial charge < -0.3 is 15.6 Å². The fraction of sp³-hybridized carbons (Fsp3) is 0.143. The van der Waals surface area contributed by atoms with Gasteiger partial charge in [0.1, 0.15) is 17.6 Å². The summed E-state index contributed by atoms with van der Waals surface area (Å²) < 4.78 is 14.5. The van der Waals surface area contributed by atoms with Gasteiger partial charge in [0.2, 0.25) is 5.91 Å². The molecular formula is C14H14FN3O2. The molecule has 3 N–H and O–H groups in total. The number of nitrogens with two attached hydrogens (primary N) is 1. The Morgan fingerprint density at radius 1 is 1.25 bits per heavy atom. The summed E-state index contributed by atoms with van der Waals surface area (Å²) in [5.41, 5.74) is 6.13. The van der Waals surface area contributed by atoms with Crippen molar-refractivity contribution >= 4 is 11.8 Å². The van der Waals surface area contributed by atoms with Crippen LogP contribution in [-0.2, 0) is 11.8 Å². The molecular weight excluding hydrogens is 261 g/mol. The quantitative estimate of drug-likeness (QED) is 0.877. The average molecular weight is 275 g/mol. The highest BCUT2D eigenvalue weighted by atomic mass is 19.1. The second kappa shape index (κ2) is 5.56. The van der Waals surface area contributed by atoms with Gasteiger partial charge in [-0.3, -0.25) is 9.59 Å². The third-order valence-corrected chi connectivity index (χ3v) is 2.94.